The quantitative estimate of drug-likeness (QED) is 0.726. The standard InChI is InChI=1S/C12H11FO3/c1-16-6-11(14)9-5-8-7(12(9)15)3-2-4-10(8)13/h2-4,9H,5-6H2,1H3. The zero-order chi connectivity index (χ0) is 11.7. The maximum absolute atomic E-state index is 13.4. The van der Waals surface area contributed by atoms with Gasteiger partial charge in [-0.3, -0.25) is 9.59 Å². The first kappa shape index (κ1) is 11.0. The van der Waals surface area contributed by atoms with Crippen LogP contribution in [0, 0.1) is 11.7 Å². The molecular formula is C12H11FO3. The van der Waals surface area contributed by atoms with Gasteiger partial charge < -0.3 is 4.74 Å². The number of carbonyl (C=O) groups excluding carboxylic acids is 2. The molecule has 4 heteroatoms. The SMILES string of the molecule is COCC(=O)C1Cc2c(F)cccc2C1=O. The van der Waals surface area contributed by atoms with Crippen LogP contribution in [0.5, 0.6) is 0 Å². The molecule has 0 heterocycles. The van der Waals surface area contributed by atoms with Gasteiger partial charge in [-0.1, -0.05) is 12.1 Å². The van der Waals surface area contributed by atoms with E-state index in [-0.39, 0.29) is 24.6 Å². The van der Waals surface area contributed by atoms with E-state index in [2.05, 4.69) is 0 Å². The molecule has 0 radical (unpaired) electrons. The third kappa shape index (κ3) is 1.65. The van der Waals surface area contributed by atoms with E-state index in [0.29, 0.717) is 11.1 Å². The van der Waals surface area contributed by atoms with Crippen molar-refractivity contribution in [3.63, 3.8) is 0 Å². The molecule has 0 aromatic heterocycles. The molecule has 1 aliphatic rings. The summed E-state index contributed by atoms with van der Waals surface area (Å²) in [6.07, 6.45) is 0.156. The lowest BCUT2D eigenvalue weighted by atomic mass is 10.0. The van der Waals surface area contributed by atoms with Gasteiger partial charge in [0.15, 0.2) is 11.6 Å². The summed E-state index contributed by atoms with van der Waals surface area (Å²) in [5, 5.41) is 0. The number of hydrogen-bond donors (Lipinski definition) is 0. The molecule has 2 rings (SSSR count). The molecule has 0 amide bonds. The Morgan fingerprint density at radius 3 is 2.94 bits per heavy atom. The van der Waals surface area contributed by atoms with Gasteiger partial charge >= 0.3 is 0 Å². The van der Waals surface area contributed by atoms with E-state index in [4.69, 9.17) is 4.74 Å². The molecule has 1 atom stereocenters. The van der Waals surface area contributed by atoms with Crippen LogP contribution in [0.2, 0.25) is 0 Å². The molecule has 0 aliphatic heterocycles. The van der Waals surface area contributed by atoms with Crippen LogP contribution >= 0.6 is 0 Å². The van der Waals surface area contributed by atoms with Crippen molar-refractivity contribution in [1.29, 1.82) is 0 Å². The number of hydrogen-bond acceptors (Lipinski definition) is 3. The number of methoxy groups -OCH3 is 1. The average Bonchev–Trinajstić information content (AvgIpc) is 2.59. The highest BCUT2D eigenvalue weighted by atomic mass is 19.1. The molecular weight excluding hydrogens is 211 g/mol. The van der Waals surface area contributed by atoms with E-state index in [1.54, 1.807) is 6.07 Å². The summed E-state index contributed by atoms with van der Waals surface area (Å²) in [5.74, 6) is -1.77. The first-order valence-corrected chi connectivity index (χ1v) is 4.98. The van der Waals surface area contributed by atoms with Crippen molar-refractivity contribution < 1.29 is 18.7 Å². The van der Waals surface area contributed by atoms with E-state index in [1.807, 2.05) is 0 Å². The molecule has 1 aliphatic carbocycles. The van der Waals surface area contributed by atoms with Gasteiger partial charge in [0, 0.05) is 12.7 Å². The Morgan fingerprint density at radius 2 is 2.31 bits per heavy atom. The van der Waals surface area contributed by atoms with Crippen molar-refractivity contribution in [2.75, 3.05) is 13.7 Å². The largest absolute Gasteiger partial charge is 0.377 e. The van der Waals surface area contributed by atoms with Crippen molar-refractivity contribution in [1.82, 2.24) is 0 Å². The van der Waals surface area contributed by atoms with Crippen molar-refractivity contribution >= 4 is 11.6 Å². The van der Waals surface area contributed by atoms with E-state index >= 15 is 0 Å². The summed E-state index contributed by atoms with van der Waals surface area (Å²) in [6.45, 7) is -0.105. The van der Waals surface area contributed by atoms with Gasteiger partial charge in [-0.25, -0.2) is 4.39 Å². The highest BCUT2D eigenvalue weighted by Gasteiger charge is 2.36. The third-order valence-corrected chi connectivity index (χ3v) is 2.78. The van der Waals surface area contributed by atoms with Crippen molar-refractivity contribution in [3.8, 4) is 0 Å². The molecule has 0 saturated carbocycles. The maximum Gasteiger partial charge on any atom is 0.174 e. The molecule has 0 N–H and O–H groups in total. The van der Waals surface area contributed by atoms with Crippen LogP contribution in [0.4, 0.5) is 4.39 Å². The second-order valence-electron chi connectivity index (χ2n) is 3.79. The second kappa shape index (κ2) is 4.14. The minimum atomic E-state index is -0.771. The number of ether oxygens (including phenoxy) is 1. The van der Waals surface area contributed by atoms with Gasteiger partial charge in [0.05, 0.1) is 5.92 Å². The molecule has 0 spiro atoms. The van der Waals surface area contributed by atoms with Crippen molar-refractivity contribution in [2.24, 2.45) is 5.92 Å². The van der Waals surface area contributed by atoms with E-state index in [9.17, 15) is 14.0 Å². The number of ketones is 2. The summed E-state index contributed by atoms with van der Waals surface area (Å²) in [5.41, 5.74) is 0.677. The van der Waals surface area contributed by atoms with Crippen LogP contribution in [0.15, 0.2) is 18.2 Å². The summed E-state index contributed by atoms with van der Waals surface area (Å²) < 4.78 is 18.1. The molecule has 1 aromatic rings. The highest BCUT2D eigenvalue weighted by Crippen LogP contribution is 2.29. The number of benzene rings is 1. The minimum Gasteiger partial charge on any atom is -0.377 e. The number of fused-ring (bicyclic) bond motifs is 1. The second-order valence-corrected chi connectivity index (χ2v) is 3.79. The summed E-state index contributed by atoms with van der Waals surface area (Å²) >= 11 is 0. The molecule has 0 saturated heterocycles. The molecule has 1 aromatic carbocycles. The van der Waals surface area contributed by atoms with E-state index < -0.39 is 11.7 Å². The van der Waals surface area contributed by atoms with Crippen LogP contribution in [-0.4, -0.2) is 25.3 Å². The number of carbonyl (C=O) groups is 2. The summed E-state index contributed by atoms with van der Waals surface area (Å²) in [4.78, 5) is 23.4. The molecule has 3 nitrogen and oxygen atoms in total. The van der Waals surface area contributed by atoms with Crippen LogP contribution in [-0.2, 0) is 16.0 Å². The Kier molecular flexibility index (Phi) is 2.83. The maximum atomic E-state index is 13.4. The molecule has 84 valence electrons. The fourth-order valence-electron chi connectivity index (χ4n) is 1.98. The van der Waals surface area contributed by atoms with Gasteiger partial charge in [-0.15, -0.1) is 0 Å². The highest BCUT2D eigenvalue weighted by molar-refractivity contribution is 6.14. The first-order valence-electron chi connectivity index (χ1n) is 4.98. The lowest BCUT2D eigenvalue weighted by Gasteiger charge is -2.04. The van der Waals surface area contributed by atoms with Crippen LogP contribution in [0.3, 0.4) is 0 Å². The van der Waals surface area contributed by atoms with Crippen LogP contribution in [0.25, 0.3) is 0 Å². The van der Waals surface area contributed by atoms with Gasteiger partial charge in [0.2, 0.25) is 0 Å². The molecule has 16 heavy (non-hydrogen) atoms. The van der Waals surface area contributed by atoms with Crippen molar-refractivity contribution in [2.45, 2.75) is 6.42 Å². The minimum absolute atomic E-state index is 0.105. The molecule has 1 unspecified atom stereocenters. The molecule has 0 fully saturated rings. The smallest absolute Gasteiger partial charge is 0.174 e. The topological polar surface area (TPSA) is 43.4 Å². The van der Waals surface area contributed by atoms with E-state index in [0.717, 1.165) is 0 Å². The van der Waals surface area contributed by atoms with Crippen LogP contribution in [0.1, 0.15) is 15.9 Å². The van der Waals surface area contributed by atoms with Gasteiger partial charge in [-0.05, 0) is 18.1 Å². The molecule has 0 bridgehead atoms. The Bertz CT molecular complexity index is 454. The first-order chi connectivity index (χ1) is 7.65. The normalized spacial score (nSPS) is 18.6. The van der Waals surface area contributed by atoms with Gasteiger partial charge in [0.25, 0.3) is 0 Å². The fourth-order valence-corrected chi connectivity index (χ4v) is 1.98. The monoisotopic (exact) mass is 222 g/mol. The Balaban J connectivity index is 2.31. The zero-order valence-electron chi connectivity index (χ0n) is 8.83. The van der Waals surface area contributed by atoms with Crippen molar-refractivity contribution in [3.05, 3.63) is 35.1 Å². The Morgan fingerprint density at radius 1 is 1.56 bits per heavy atom. The van der Waals surface area contributed by atoms with E-state index in [1.165, 1.54) is 19.2 Å². The lowest BCUT2D eigenvalue weighted by Crippen LogP contribution is -2.24. The third-order valence-electron chi connectivity index (χ3n) is 2.78. The fraction of sp³-hybridized carbons (Fsp3) is 0.333. The predicted molar refractivity (Wildman–Crippen MR) is 54.8 cm³/mol. The number of Topliss-reactive ketones (excluding diaryl/α,β-unsaturated/α-hetero) is 2. The predicted octanol–water partition coefficient (Wildman–Crippen LogP) is 1.40. The summed E-state index contributed by atoms with van der Waals surface area (Å²) in [6, 6.07) is 4.34. The Labute approximate surface area is 92.2 Å². The number of rotatable bonds is 3. The average molecular weight is 222 g/mol. The van der Waals surface area contributed by atoms with Gasteiger partial charge in [-0.2, -0.15) is 0 Å². The lowest BCUT2D eigenvalue weighted by molar-refractivity contribution is -0.124. The zero-order valence-corrected chi connectivity index (χ0v) is 8.83. The van der Waals surface area contributed by atoms with Gasteiger partial charge in [0.1, 0.15) is 12.4 Å². The Hall–Kier alpha value is -1.55. The van der Waals surface area contributed by atoms with Crippen LogP contribution < -0.4 is 0 Å². The number of halogens is 1. The summed E-state index contributed by atoms with van der Waals surface area (Å²) in [7, 11) is 1.39.